The zero-order valence-electron chi connectivity index (χ0n) is 12.1. The maximum absolute atomic E-state index is 5.40. The molecule has 0 bridgehead atoms. The molecule has 0 aliphatic rings. The molecule has 2 aromatic rings. The normalized spacial score (nSPS) is 12.0. The predicted molar refractivity (Wildman–Crippen MR) is 88.7 cm³/mol. The van der Waals surface area contributed by atoms with Crippen molar-refractivity contribution < 1.29 is 4.74 Å². The average molecular weight is 334 g/mol. The van der Waals surface area contributed by atoms with Crippen molar-refractivity contribution in [3.8, 4) is 5.75 Å². The monoisotopic (exact) mass is 333 g/mol. The fourth-order valence-corrected chi connectivity index (χ4v) is 2.66. The highest BCUT2D eigenvalue weighted by molar-refractivity contribution is 9.10. The highest BCUT2D eigenvalue weighted by Gasteiger charge is 2.10. The Labute approximate surface area is 129 Å². The molecule has 0 fully saturated rings. The number of nitrogens with one attached hydrogen (secondary N) is 1. The van der Waals surface area contributed by atoms with Crippen LogP contribution in [0.5, 0.6) is 5.75 Å². The highest BCUT2D eigenvalue weighted by atomic mass is 79.9. The minimum absolute atomic E-state index is 0.324. The third-order valence-corrected chi connectivity index (χ3v) is 4.36. The second-order valence-corrected chi connectivity index (χ2v) is 5.79. The second kappa shape index (κ2) is 6.80. The molecular weight excluding hydrogens is 314 g/mol. The Morgan fingerprint density at radius 1 is 1.15 bits per heavy atom. The maximum Gasteiger partial charge on any atom is 0.122 e. The van der Waals surface area contributed by atoms with E-state index in [-0.39, 0.29) is 0 Å². The molecule has 0 aliphatic carbocycles. The van der Waals surface area contributed by atoms with Gasteiger partial charge in [-0.25, -0.2) is 0 Å². The van der Waals surface area contributed by atoms with Gasteiger partial charge in [0.05, 0.1) is 7.11 Å². The van der Waals surface area contributed by atoms with Gasteiger partial charge in [-0.2, -0.15) is 0 Å². The fourth-order valence-electron chi connectivity index (χ4n) is 2.28. The summed E-state index contributed by atoms with van der Waals surface area (Å²) in [7, 11) is 1.72. The van der Waals surface area contributed by atoms with Gasteiger partial charge in [0.15, 0.2) is 0 Å². The molecule has 106 valence electrons. The van der Waals surface area contributed by atoms with Crippen LogP contribution in [0.4, 0.5) is 5.69 Å². The lowest BCUT2D eigenvalue weighted by Crippen LogP contribution is -2.18. The van der Waals surface area contributed by atoms with E-state index >= 15 is 0 Å². The number of benzene rings is 2. The number of aryl methyl sites for hydroxylation is 1. The van der Waals surface area contributed by atoms with Crippen LogP contribution < -0.4 is 10.1 Å². The van der Waals surface area contributed by atoms with E-state index in [2.05, 4.69) is 59.4 Å². The lowest BCUT2D eigenvalue weighted by Gasteiger charge is -2.18. The first kappa shape index (κ1) is 14.9. The van der Waals surface area contributed by atoms with Gasteiger partial charge in [-0.1, -0.05) is 30.3 Å². The summed E-state index contributed by atoms with van der Waals surface area (Å²) in [5, 5.41) is 3.55. The number of hydrogen-bond donors (Lipinski definition) is 1. The van der Waals surface area contributed by atoms with E-state index in [9.17, 15) is 0 Å². The van der Waals surface area contributed by atoms with Gasteiger partial charge in [0.2, 0.25) is 0 Å². The van der Waals surface area contributed by atoms with Gasteiger partial charge in [-0.15, -0.1) is 0 Å². The summed E-state index contributed by atoms with van der Waals surface area (Å²) >= 11 is 3.64. The van der Waals surface area contributed by atoms with Gasteiger partial charge < -0.3 is 10.1 Å². The third kappa shape index (κ3) is 3.54. The van der Waals surface area contributed by atoms with E-state index in [0.717, 1.165) is 22.3 Å². The molecule has 0 radical (unpaired) electrons. The molecule has 0 aromatic heterocycles. The fraction of sp³-hybridized carbons (Fsp3) is 0.294. The van der Waals surface area contributed by atoms with Gasteiger partial charge in [-0.3, -0.25) is 0 Å². The molecule has 2 rings (SSSR count). The molecule has 0 saturated carbocycles. The molecule has 0 saturated heterocycles. The quantitative estimate of drug-likeness (QED) is 0.847. The number of hydrogen-bond acceptors (Lipinski definition) is 2. The first-order valence-corrected chi connectivity index (χ1v) is 7.54. The summed E-state index contributed by atoms with van der Waals surface area (Å²) in [6.45, 7) is 4.28. The van der Waals surface area contributed by atoms with Gasteiger partial charge in [0, 0.05) is 16.2 Å². The van der Waals surface area contributed by atoms with Crippen LogP contribution in [0.2, 0.25) is 0 Å². The van der Waals surface area contributed by atoms with E-state index in [1.165, 1.54) is 11.1 Å². The first-order valence-electron chi connectivity index (χ1n) is 6.75. The standard InChI is InChI=1S/C17H20BrNO/c1-12-7-6-9-15(17(12)18)19-13(2)11-14-8-4-5-10-16(14)20-3/h4-10,13,19H,11H2,1-3H3. The van der Waals surface area contributed by atoms with Gasteiger partial charge >= 0.3 is 0 Å². The number of ether oxygens (including phenoxy) is 1. The molecule has 1 N–H and O–H groups in total. The van der Waals surface area contributed by atoms with E-state index < -0.39 is 0 Å². The molecule has 0 aliphatic heterocycles. The lowest BCUT2D eigenvalue weighted by molar-refractivity contribution is 0.409. The zero-order chi connectivity index (χ0) is 14.5. The predicted octanol–water partition coefficient (Wildman–Crippen LogP) is 4.81. The molecule has 1 unspecified atom stereocenters. The Kier molecular flexibility index (Phi) is 5.07. The van der Waals surface area contributed by atoms with Crippen LogP contribution in [0.25, 0.3) is 0 Å². The first-order chi connectivity index (χ1) is 9.61. The van der Waals surface area contributed by atoms with Crippen molar-refractivity contribution >= 4 is 21.6 Å². The second-order valence-electron chi connectivity index (χ2n) is 5.00. The molecule has 0 heterocycles. The Balaban J connectivity index is 2.09. The summed E-state index contributed by atoms with van der Waals surface area (Å²) in [5.74, 6) is 0.949. The van der Waals surface area contributed by atoms with Crippen LogP contribution in [-0.4, -0.2) is 13.2 Å². The minimum atomic E-state index is 0.324. The Morgan fingerprint density at radius 2 is 1.90 bits per heavy atom. The van der Waals surface area contributed by atoms with Gasteiger partial charge in [-0.05, 0) is 59.5 Å². The summed E-state index contributed by atoms with van der Waals surface area (Å²) in [6.07, 6.45) is 0.921. The number of halogens is 1. The Morgan fingerprint density at radius 3 is 2.65 bits per heavy atom. The number of methoxy groups -OCH3 is 1. The van der Waals surface area contributed by atoms with Crippen molar-refractivity contribution in [2.24, 2.45) is 0 Å². The Hall–Kier alpha value is -1.48. The van der Waals surface area contributed by atoms with Gasteiger partial charge in [0.25, 0.3) is 0 Å². The van der Waals surface area contributed by atoms with Gasteiger partial charge in [0.1, 0.15) is 5.75 Å². The van der Waals surface area contributed by atoms with E-state index in [1.807, 2.05) is 18.2 Å². The maximum atomic E-state index is 5.40. The van der Waals surface area contributed by atoms with E-state index in [4.69, 9.17) is 4.74 Å². The SMILES string of the molecule is COc1ccccc1CC(C)Nc1cccc(C)c1Br. The summed E-state index contributed by atoms with van der Waals surface area (Å²) in [5.41, 5.74) is 3.59. The highest BCUT2D eigenvalue weighted by Crippen LogP contribution is 2.27. The van der Waals surface area contributed by atoms with Crippen molar-refractivity contribution in [3.05, 3.63) is 58.1 Å². The van der Waals surface area contributed by atoms with Crippen LogP contribution in [0.15, 0.2) is 46.9 Å². The van der Waals surface area contributed by atoms with Crippen molar-refractivity contribution in [2.45, 2.75) is 26.3 Å². The van der Waals surface area contributed by atoms with Crippen LogP contribution in [-0.2, 0) is 6.42 Å². The molecule has 20 heavy (non-hydrogen) atoms. The van der Waals surface area contributed by atoms with Crippen LogP contribution in [0.3, 0.4) is 0 Å². The minimum Gasteiger partial charge on any atom is -0.496 e. The summed E-state index contributed by atoms with van der Waals surface area (Å²) in [6, 6.07) is 14.7. The van der Waals surface area contributed by atoms with Crippen LogP contribution in [0.1, 0.15) is 18.1 Å². The largest absolute Gasteiger partial charge is 0.496 e. The number of anilines is 1. The van der Waals surface area contributed by atoms with E-state index in [1.54, 1.807) is 7.11 Å². The van der Waals surface area contributed by atoms with Crippen molar-refractivity contribution in [1.29, 1.82) is 0 Å². The molecular formula is C17H20BrNO. The topological polar surface area (TPSA) is 21.3 Å². The smallest absolute Gasteiger partial charge is 0.122 e. The molecule has 1 atom stereocenters. The van der Waals surface area contributed by atoms with Crippen molar-refractivity contribution in [3.63, 3.8) is 0 Å². The zero-order valence-corrected chi connectivity index (χ0v) is 13.7. The molecule has 0 amide bonds. The summed E-state index contributed by atoms with van der Waals surface area (Å²) < 4.78 is 6.53. The van der Waals surface area contributed by atoms with Crippen molar-refractivity contribution in [1.82, 2.24) is 0 Å². The third-order valence-electron chi connectivity index (χ3n) is 3.31. The van der Waals surface area contributed by atoms with Crippen LogP contribution in [0, 0.1) is 6.92 Å². The average Bonchev–Trinajstić information content (AvgIpc) is 2.44. The number of rotatable bonds is 5. The Bertz CT molecular complexity index is 583. The lowest BCUT2D eigenvalue weighted by atomic mass is 10.1. The van der Waals surface area contributed by atoms with Crippen molar-refractivity contribution in [2.75, 3.05) is 12.4 Å². The number of para-hydroxylation sites is 1. The molecule has 2 aromatic carbocycles. The molecule has 0 spiro atoms. The molecule has 3 heteroatoms. The van der Waals surface area contributed by atoms with E-state index in [0.29, 0.717) is 6.04 Å². The molecule has 2 nitrogen and oxygen atoms in total. The summed E-state index contributed by atoms with van der Waals surface area (Å²) in [4.78, 5) is 0. The van der Waals surface area contributed by atoms with Crippen LogP contribution >= 0.6 is 15.9 Å².